The first-order valence-electron chi connectivity index (χ1n) is 7.10. The van der Waals surface area contributed by atoms with Crippen LogP contribution in [0.3, 0.4) is 0 Å². The van der Waals surface area contributed by atoms with Crippen LogP contribution < -0.4 is 4.90 Å². The molecule has 2 rings (SSSR count). The highest BCUT2D eigenvalue weighted by molar-refractivity contribution is 9.10. The highest BCUT2D eigenvalue weighted by atomic mass is 79.9. The van der Waals surface area contributed by atoms with E-state index in [9.17, 15) is 8.42 Å². The quantitative estimate of drug-likeness (QED) is 0.782. The normalized spacial score (nSPS) is 17.4. The number of pyridine rings is 1. The second kappa shape index (κ2) is 7.04. The van der Waals surface area contributed by atoms with Gasteiger partial charge in [0.25, 0.3) is 10.2 Å². The summed E-state index contributed by atoms with van der Waals surface area (Å²) in [6.07, 6.45) is 1.76. The third-order valence-electron chi connectivity index (χ3n) is 3.63. The Morgan fingerprint density at radius 3 is 2.29 bits per heavy atom. The lowest BCUT2D eigenvalue weighted by Gasteiger charge is -2.36. The molecule has 0 spiro atoms. The number of anilines is 1. The molecule has 1 aliphatic rings. The van der Waals surface area contributed by atoms with E-state index in [0.29, 0.717) is 39.3 Å². The van der Waals surface area contributed by atoms with Crippen molar-refractivity contribution in [2.45, 2.75) is 13.8 Å². The second-order valence-corrected chi connectivity index (χ2v) is 7.66. The zero-order valence-corrected chi connectivity index (χ0v) is 14.8. The fourth-order valence-corrected chi connectivity index (χ4v) is 4.25. The largest absolute Gasteiger partial charge is 0.354 e. The maximum atomic E-state index is 12.4. The molecule has 0 radical (unpaired) electrons. The lowest BCUT2D eigenvalue weighted by atomic mass is 10.3. The third-order valence-corrected chi connectivity index (χ3v) is 6.29. The zero-order chi connectivity index (χ0) is 15.5. The summed E-state index contributed by atoms with van der Waals surface area (Å²) in [5, 5.41) is 0. The fraction of sp³-hybridized carbons (Fsp3) is 0.615. The van der Waals surface area contributed by atoms with Gasteiger partial charge in [0, 0.05) is 49.9 Å². The monoisotopic (exact) mass is 376 g/mol. The SMILES string of the molecule is CCN(CC)S(=O)(=O)N1CCN(c2ccc(Br)cn2)CC1. The van der Waals surface area contributed by atoms with E-state index in [4.69, 9.17) is 0 Å². The summed E-state index contributed by atoms with van der Waals surface area (Å²) in [6, 6.07) is 3.89. The maximum absolute atomic E-state index is 12.4. The Balaban J connectivity index is 2.01. The minimum Gasteiger partial charge on any atom is -0.354 e. The highest BCUT2D eigenvalue weighted by Gasteiger charge is 2.30. The van der Waals surface area contributed by atoms with Gasteiger partial charge >= 0.3 is 0 Å². The molecule has 6 nitrogen and oxygen atoms in total. The van der Waals surface area contributed by atoms with Crippen LogP contribution in [0.2, 0.25) is 0 Å². The van der Waals surface area contributed by atoms with Crippen molar-refractivity contribution in [3.8, 4) is 0 Å². The van der Waals surface area contributed by atoms with Crippen LogP contribution in [0.4, 0.5) is 5.82 Å². The van der Waals surface area contributed by atoms with E-state index in [1.54, 1.807) is 10.5 Å². The summed E-state index contributed by atoms with van der Waals surface area (Å²) in [7, 11) is -3.32. The summed E-state index contributed by atoms with van der Waals surface area (Å²) in [5.41, 5.74) is 0. The minimum absolute atomic E-state index is 0.497. The summed E-state index contributed by atoms with van der Waals surface area (Å²) in [4.78, 5) is 6.47. The summed E-state index contributed by atoms with van der Waals surface area (Å²) in [6.45, 7) is 7.06. The molecule has 0 unspecified atom stereocenters. The molecule has 1 saturated heterocycles. The van der Waals surface area contributed by atoms with Gasteiger partial charge in [-0.15, -0.1) is 0 Å². The van der Waals surface area contributed by atoms with Crippen LogP contribution in [0.1, 0.15) is 13.8 Å². The number of rotatable bonds is 5. The first-order valence-corrected chi connectivity index (χ1v) is 9.29. The Labute approximate surface area is 135 Å². The standard InChI is InChI=1S/C13H21BrN4O2S/c1-3-17(4-2)21(19,20)18-9-7-16(8-10-18)13-6-5-12(14)11-15-13/h5-6,11H,3-4,7-10H2,1-2H3. The van der Waals surface area contributed by atoms with Gasteiger partial charge in [0.15, 0.2) is 0 Å². The van der Waals surface area contributed by atoms with Crippen molar-refractivity contribution in [2.24, 2.45) is 0 Å². The van der Waals surface area contributed by atoms with Gasteiger partial charge in [-0.1, -0.05) is 13.8 Å². The lowest BCUT2D eigenvalue weighted by molar-refractivity contribution is 0.333. The molecule has 1 aliphatic heterocycles. The molecule has 0 amide bonds. The van der Waals surface area contributed by atoms with Gasteiger partial charge in [0.05, 0.1) is 0 Å². The van der Waals surface area contributed by atoms with Crippen molar-refractivity contribution in [2.75, 3.05) is 44.2 Å². The first-order chi connectivity index (χ1) is 9.98. The minimum atomic E-state index is -3.32. The highest BCUT2D eigenvalue weighted by Crippen LogP contribution is 2.18. The molecule has 0 aromatic carbocycles. The number of hydrogen-bond donors (Lipinski definition) is 0. The van der Waals surface area contributed by atoms with Gasteiger partial charge in [0.1, 0.15) is 5.82 Å². The first kappa shape index (κ1) is 16.7. The van der Waals surface area contributed by atoms with Gasteiger partial charge in [-0.2, -0.15) is 17.0 Å². The van der Waals surface area contributed by atoms with E-state index in [1.165, 1.54) is 4.31 Å². The maximum Gasteiger partial charge on any atom is 0.282 e. The third kappa shape index (κ3) is 3.74. The van der Waals surface area contributed by atoms with Crippen molar-refractivity contribution in [3.63, 3.8) is 0 Å². The van der Waals surface area contributed by atoms with E-state index in [0.717, 1.165) is 10.3 Å². The van der Waals surface area contributed by atoms with Crippen molar-refractivity contribution >= 4 is 32.0 Å². The Morgan fingerprint density at radius 1 is 1.19 bits per heavy atom. The number of halogens is 1. The van der Waals surface area contributed by atoms with Crippen LogP contribution in [0.25, 0.3) is 0 Å². The smallest absolute Gasteiger partial charge is 0.282 e. The van der Waals surface area contributed by atoms with E-state index >= 15 is 0 Å². The Hall–Kier alpha value is -0.700. The van der Waals surface area contributed by atoms with Crippen molar-refractivity contribution in [1.29, 1.82) is 0 Å². The summed E-state index contributed by atoms with van der Waals surface area (Å²) >= 11 is 3.36. The molecule has 1 aromatic rings. The topological polar surface area (TPSA) is 56.8 Å². The van der Waals surface area contributed by atoms with E-state index in [-0.39, 0.29) is 0 Å². The molecule has 118 valence electrons. The average molecular weight is 377 g/mol. The molecule has 1 fully saturated rings. The molecule has 0 saturated carbocycles. The second-order valence-electron chi connectivity index (χ2n) is 4.81. The Kier molecular flexibility index (Phi) is 5.59. The zero-order valence-electron chi connectivity index (χ0n) is 12.4. The number of aromatic nitrogens is 1. The molecule has 8 heteroatoms. The number of nitrogens with zero attached hydrogens (tertiary/aromatic N) is 4. The van der Waals surface area contributed by atoms with Crippen molar-refractivity contribution < 1.29 is 8.42 Å². The molecule has 21 heavy (non-hydrogen) atoms. The Morgan fingerprint density at radius 2 is 1.81 bits per heavy atom. The predicted octanol–water partition coefficient (Wildman–Crippen LogP) is 1.55. The van der Waals surface area contributed by atoms with E-state index in [1.807, 2.05) is 26.0 Å². The molecule has 2 heterocycles. The van der Waals surface area contributed by atoms with Crippen LogP contribution in [0, 0.1) is 0 Å². The van der Waals surface area contributed by atoms with E-state index < -0.39 is 10.2 Å². The average Bonchev–Trinajstić information content (AvgIpc) is 2.49. The summed E-state index contributed by atoms with van der Waals surface area (Å²) in [5.74, 6) is 0.887. The van der Waals surface area contributed by atoms with E-state index in [2.05, 4.69) is 25.8 Å². The van der Waals surface area contributed by atoms with Crippen LogP contribution >= 0.6 is 15.9 Å². The number of piperazine rings is 1. The molecule has 1 aromatic heterocycles. The molecule has 0 bridgehead atoms. The van der Waals surface area contributed by atoms with Crippen LogP contribution in [0.5, 0.6) is 0 Å². The molecule has 0 atom stereocenters. The van der Waals surface area contributed by atoms with Gasteiger partial charge in [-0.05, 0) is 28.1 Å². The molecule has 0 aliphatic carbocycles. The van der Waals surface area contributed by atoms with Gasteiger partial charge < -0.3 is 4.90 Å². The Bertz CT molecular complexity index is 552. The molecular weight excluding hydrogens is 356 g/mol. The fourth-order valence-electron chi connectivity index (χ4n) is 2.42. The van der Waals surface area contributed by atoms with Crippen LogP contribution in [0.15, 0.2) is 22.8 Å². The number of hydrogen-bond acceptors (Lipinski definition) is 4. The lowest BCUT2D eigenvalue weighted by Crippen LogP contribution is -2.53. The summed E-state index contributed by atoms with van der Waals surface area (Å²) < 4.78 is 28.9. The van der Waals surface area contributed by atoms with Crippen molar-refractivity contribution in [3.05, 3.63) is 22.8 Å². The predicted molar refractivity (Wildman–Crippen MR) is 87.6 cm³/mol. The molecular formula is C13H21BrN4O2S. The molecule has 0 N–H and O–H groups in total. The van der Waals surface area contributed by atoms with Gasteiger partial charge in [-0.25, -0.2) is 4.98 Å². The van der Waals surface area contributed by atoms with Gasteiger partial charge in [0.2, 0.25) is 0 Å². The van der Waals surface area contributed by atoms with Crippen LogP contribution in [-0.2, 0) is 10.2 Å². The van der Waals surface area contributed by atoms with Crippen LogP contribution in [-0.4, -0.2) is 61.3 Å². The van der Waals surface area contributed by atoms with Crippen molar-refractivity contribution in [1.82, 2.24) is 13.6 Å². The van der Waals surface area contributed by atoms with Gasteiger partial charge in [-0.3, -0.25) is 0 Å².